The van der Waals surface area contributed by atoms with Crippen molar-refractivity contribution in [2.24, 2.45) is 0 Å². The molecule has 0 saturated carbocycles. The van der Waals surface area contributed by atoms with Crippen LogP contribution in [0.25, 0.3) is 0 Å². The average molecular weight is 158 g/mol. The molecule has 0 unspecified atom stereocenters. The topological polar surface area (TPSA) is 55.2 Å². The zero-order chi connectivity index (χ0) is 7.40. The number of hydrogen-bond donors (Lipinski definition) is 1. The molecule has 0 aromatic heterocycles. The Morgan fingerprint density at radius 2 is 2.70 bits per heavy atom. The molecule has 54 valence electrons. The summed E-state index contributed by atoms with van der Waals surface area (Å²) in [5.41, 5.74) is 0.637. The molecule has 0 amide bonds. The molecule has 1 aliphatic heterocycles. The smallest absolute Gasteiger partial charge is 0.254 e. The number of rotatable bonds is 1. The molecule has 1 aliphatic rings. The maximum Gasteiger partial charge on any atom is 0.254 e. The molecule has 1 heterocycles. The van der Waals surface area contributed by atoms with Crippen LogP contribution < -0.4 is 4.72 Å². The molecule has 0 fully saturated rings. The van der Waals surface area contributed by atoms with E-state index in [9.17, 15) is 10.1 Å². The van der Waals surface area contributed by atoms with E-state index in [-0.39, 0.29) is 0 Å². The molecule has 0 atom stereocenters. The van der Waals surface area contributed by atoms with E-state index >= 15 is 0 Å². The lowest BCUT2D eigenvalue weighted by molar-refractivity contribution is -0.403. The third kappa shape index (κ3) is 2.10. The van der Waals surface area contributed by atoms with Gasteiger partial charge in [-0.2, -0.15) is 0 Å². The molecule has 0 aliphatic carbocycles. The minimum absolute atomic E-state index is 0.456. The lowest BCUT2D eigenvalue weighted by Gasteiger charge is -2.06. The second-order valence-electron chi connectivity index (χ2n) is 1.74. The van der Waals surface area contributed by atoms with E-state index in [1.54, 1.807) is 0 Å². The summed E-state index contributed by atoms with van der Waals surface area (Å²) in [4.78, 5) is 9.47. The highest BCUT2D eigenvalue weighted by Gasteiger charge is 2.02. The minimum atomic E-state index is -0.456. The molecule has 0 radical (unpaired) electrons. The third-order valence-electron chi connectivity index (χ3n) is 0.953. The predicted octanol–water partition coefficient (Wildman–Crippen LogP) is 1.26. The van der Waals surface area contributed by atoms with Crippen LogP contribution in [-0.4, -0.2) is 4.92 Å². The van der Waals surface area contributed by atoms with Gasteiger partial charge in [-0.1, -0.05) is 6.08 Å². The van der Waals surface area contributed by atoms with Gasteiger partial charge in [0, 0.05) is 6.42 Å². The Kier molecular flexibility index (Phi) is 2.33. The van der Waals surface area contributed by atoms with Crippen LogP contribution in [0.15, 0.2) is 23.4 Å². The lowest BCUT2D eigenvalue weighted by atomic mass is 10.3. The molecule has 5 heteroatoms. The summed E-state index contributed by atoms with van der Waals surface area (Å²) >= 11 is 1.34. The van der Waals surface area contributed by atoms with Crippen LogP contribution in [0.3, 0.4) is 0 Å². The molecule has 1 N–H and O–H groups in total. The summed E-state index contributed by atoms with van der Waals surface area (Å²) in [5.74, 6) is 0. The van der Waals surface area contributed by atoms with Crippen LogP contribution in [0, 0.1) is 10.1 Å². The van der Waals surface area contributed by atoms with Crippen molar-refractivity contribution in [2.45, 2.75) is 6.42 Å². The van der Waals surface area contributed by atoms with Crippen LogP contribution in [-0.2, 0) is 0 Å². The fraction of sp³-hybridized carbons (Fsp3) is 0.200. The Morgan fingerprint density at radius 3 is 3.20 bits per heavy atom. The van der Waals surface area contributed by atoms with Gasteiger partial charge in [0.25, 0.3) is 6.20 Å². The van der Waals surface area contributed by atoms with Crippen molar-refractivity contribution in [1.82, 2.24) is 4.72 Å². The van der Waals surface area contributed by atoms with E-state index in [0.717, 1.165) is 6.20 Å². The Morgan fingerprint density at radius 1 is 1.90 bits per heavy atom. The van der Waals surface area contributed by atoms with Crippen molar-refractivity contribution in [1.29, 1.82) is 0 Å². The Bertz CT molecular complexity index is 200. The highest BCUT2D eigenvalue weighted by Crippen LogP contribution is 2.12. The van der Waals surface area contributed by atoms with Gasteiger partial charge in [0.2, 0.25) is 0 Å². The Balaban J connectivity index is 2.56. The van der Waals surface area contributed by atoms with Gasteiger partial charge < -0.3 is 4.72 Å². The van der Waals surface area contributed by atoms with Gasteiger partial charge in [-0.15, -0.1) is 0 Å². The standard InChI is InChI=1S/C5H6N2O2S/c8-7(9)4-5-2-1-3-10-6-5/h1,3-4,6H,2H2. The van der Waals surface area contributed by atoms with Gasteiger partial charge in [0.05, 0.1) is 10.6 Å². The molecular weight excluding hydrogens is 152 g/mol. The van der Waals surface area contributed by atoms with Gasteiger partial charge in [-0.25, -0.2) is 0 Å². The monoisotopic (exact) mass is 158 g/mol. The fourth-order valence-electron chi connectivity index (χ4n) is 0.581. The number of hydrogen-bond acceptors (Lipinski definition) is 4. The Labute approximate surface area is 62.3 Å². The van der Waals surface area contributed by atoms with Gasteiger partial charge in [-0.3, -0.25) is 10.1 Å². The van der Waals surface area contributed by atoms with Crippen LogP contribution in [0.4, 0.5) is 0 Å². The van der Waals surface area contributed by atoms with Crippen LogP contribution >= 0.6 is 11.9 Å². The molecule has 1 rings (SSSR count). The van der Waals surface area contributed by atoms with Gasteiger partial charge in [0.1, 0.15) is 0 Å². The first-order valence-corrected chi connectivity index (χ1v) is 3.58. The largest absolute Gasteiger partial charge is 0.324 e. The Hall–Kier alpha value is -0.970. The number of allylic oxidation sites excluding steroid dienone is 1. The quantitative estimate of drug-likeness (QED) is 0.354. The number of nitro groups is 1. The predicted molar refractivity (Wildman–Crippen MR) is 39.6 cm³/mol. The SMILES string of the molecule is O=[N+]([O-])C=C1CC=CSN1. The van der Waals surface area contributed by atoms with Gasteiger partial charge in [-0.05, 0) is 17.4 Å². The van der Waals surface area contributed by atoms with Crippen molar-refractivity contribution in [3.8, 4) is 0 Å². The molecule has 0 aromatic rings. The van der Waals surface area contributed by atoms with Crippen molar-refractivity contribution >= 4 is 11.9 Å². The molecule has 0 aromatic carbocycles. The molecule has 10 heavy (non-hydrogen) atoms. The van der Waals surface area contributed by atoms with Crippen LogP contribution in [0.1, 0.15) is 6.42 Å². The summed E-state index contributed by atoms with van der Waals surface area (Å²) in [7, 11) is 0. The normalized spacial score (nSPS) is 20.6. The number of nitrogens with one attached hydrogen (secondary N) is 1. The fourth-order valence-corrected chi connectivity index (χ4v) is 1.13. The van der Waals surface area contributed by atoms with E-state index in [0.29, 0.717) is 12.1 Å². The summed E-state index contributed by atoms with van der Waals surface area (Å²) in [6, 6.07) is 0. The zero-order valence-corrected chi connectivity index (χ0v) is 5.93. The van der Waals surface area contributed by atoms with Gasteiger partial charge >= 0.3 is 0 Å². The molecule has 0 bridgehead atoms. The van der Waals surface area contributed by atoms with E-state index in [1.807, 2.05) is 11.5 Å². The molecule has 0 spiro atoms. The van der Waals surface area contributed by atoms with Crippen molar-refractivity contribution in [2.75, 3.05) is 0 Å². The zero-order valence-electron chi connectivity index (χ0n) is 5.11. The average Bonchev–Trinajstić information content (AvgIpc) is 1.88. The summed E-state index contributed by atoms with van der Waals surface area (Å²) in [5, 5.41) is 11.8. The van der Waals surface area contributed by atoms with E-state index < -0.39 is 4.92 Å². The second kappa shape index (κ2) is 3.26. The first-order chi connectivity index (χ1) is 4.79. The van der Waals surface area contributed by atoms with Crippen molar-refractivity contribution in [3.05, 3.63) is 33.5 Å². The van der Waals surface area contributed by atoms with E-state index in [1.165, 1.54) is 11.9 Å². The summed E-state index contributed by atoms with van der Waals surface area (Å²) < 4.78 is 2.80. The maximum absolute atomic E-state index is 9.92. The highest BCUT2D eigenvalue weighted by molar-refractivity contribution is 8.00. The maximum atomic E-state index is 9.92. The van der Waals surface area contributed by atoms with Gasteiger partial charge in [0.15, 0.2) is 0 Å². The minimum Gasteiger partial charge on any atom is -0.324 e. The molecule has 0 saturated heterocycles. The van der Waals surface area contributed by atoms with E-state index in [4.69, 9.17) is 0 Å². The lowest BCUT2D eigenvalue weighted by Crippen LogP contribution is -2.06. The molecular formula is C5H6N2O2S. The number of nitrogens with zero attached hydrogens (tertiary/aromatic N) is 1. The second-order valence-corrected chi connectivity index (χ2v) is 2.45. The van der Waals surface area contributed by atoms with Crippen LogP contribution in [0.5, 0.6) is 0 Å². The first kappa shape index (κ1) is 7.14. The van der Waals surface area contributed by atoms with Crippen molar-refractivity contribution < 1.29 is 4.92 Å². The van der Waals surface area contributed by atoms with Crippen molar-refractivity contribution in [3.63, 3.8) is 0 Å². The highest BCUT2D eigenvalue weighted by atomic mass is 32.2. The first-order valence-electron chi connectivity index (χ1n) is 2.70. The van der Waals surface area contributed by atoms with E-state index in [2.05, 4.69) is 4.72 Å². The summed E-state index contributed by atoms with van der Waals surface area (Å²) in [6.45, 7) is 0. The van der Waals surface area contributed by atoms with Crippen LogP contribution in [0.2, 0.25) is 0 Å². The molecule has 4 nitrogen and oxygen atoms in total. The summed E-state index contributed by atoms with van der Waals surface area (Å²) in [6.07, 6.45) is 3.47. The third-order valence-corrected chi connectivity index (χ3v) is 1.66.